The van der Waals surface area contributed by atoms with Gasteiger partial charge in [0.05, 0.1) is 28.9 Å². The average Bonchev–Trinajstić information content (AvgIpc) is 2.72. The van der Waals surface area contributed by atoms with E-state index in [2.05, 4.69) is 0 Å². The van der Waals surface area contributed by atoms with E-state index in [1.807, 2.05) is 0 Å². The van der Waals surface area contributed by atoms with Crippen LogP contribution in [0.1, 0.15) is 36.6 Å². The van der Waals surface area contributed by atoms with Crippen molar-refractivity contribution in [3.8, 4) is 5.75 Å². The molecular formula is C21H11ClO6. The molecule has 2 aromatic rings. The maximum absolute atomic E-state index is 13.1. The molecule has 7 heteroatoms. The molecule has 0 atom stereocenters. The lowest BCUT2D eigenvalue weighted by atomic mass is 9.78. The van der Waals surface area contributed by atoms with Gasteiger partial charge in [0, 0.05) is 16.7 Å². The highest BCUT2D eigenvalue weighted by Crippen LogP contribution is 2.40. The summed E-state index contributed by atoms with van der Waals surface area (Å²) in [6, 6.07) is 10.4. The minimum atomic E-state index is -1.15. The number of carbonyl (C=O) groups is 4. The van der Waals surface area contributed by atoms with Crippen LogP contribution >= 0.6 is 11.6 Å². The Morgan fingerprint density at radius 3 is 2.07 bits per heavy atom. The molecular weight excluding hydrogens is 384 g/mol. The molecule has 0 aromatic heterocycles. The van der Waals surface area contributed by atoms with Gasteiger partial charge in [0.1, 0.15) is 11.5 Å². The zero-order valence-electron chi connectivity index (χ0n) is 14.4. The predicted octanol–water partition coefficient (Wildman–Crippen LogP) is 3.30. The van der Waals surface area contributed by atoms with Crippen LogP contribution in [0.4, 0.5) is 0 Å². The largest absolute Gasteiger partial charge is 0.506 e. The lowest BCUT2D eigenvalue weighted by Gasteiger charge is -2.23. The van der Waals surface area contributed by atoms with Crippen LogP contribution in [0.25, 0.3) is 5.76 Å². The molecule has 2 aliphatic carbocycles. The number of allylic oxidation sites excluding steroid dienone is 3. The first-order valence-corrected chi connectivity index (χ1v) is 8.54. The SMILES string of the molecule is COc1cccc2c1C(=O)C(=C1C(=O)c3ccccc3C(O)=C1Cl)C(=O)C2=O. The highest BCUT2D eigenvalue weighted by Gasteiger charge is 2.43. The van der Waals surface area contributed by atoms with Crippen molar-refractivity contribution in [3.05, 3.63) is 80.9 Å². The Morgan fingerprint density at radius 1 is 0.750 bits per heavy atom. The fourth-order valence-electron chi connectivity index (χ4n) is 3.40. The number of Topliss-reactive ketones (excluding diaryl/α,β-unsaturated/α-hetero) is 4. The lowest BCUT2D eigenvalue weighted by Crippen LogP contribution is -2.33. The van der Waals surface area contributed by atoms with Crippen LogP contribution in [-0.4, -0.2) is 35.3 Å². The number of carbonyl (C=O) groups excluding carboxylic acids is 4. The van der Waals surface area contributed by atoms with Gasteiger partial charge >= 0.3 is 0 Å². The highest BCUT2D eigenvalue weighted by atomic mass is 35.5. The molecule has 6 nitrogen and oxygen atoms in total. The molecule has 138 valence electrons. The van der Waals surface area contributed by atoms with Gasteiger partial charge in [-0.3, -0.25) is 19.2 Å². The normalized spacial score (nSPS) is 18.9. The van der Waals surface area contributed by atoms with E-state index in [1.54, 1.807) is 12.1 Å². The van der Waals surface area contributed by atoms with Crippen LogP contribution in [0.15, 0.2) is 58.6 Å². The molecule has 0 bridgehead atoms. The number of aliphatic hydroxyl groups excluding tert-OH is 1. The van der Waals surface area contributed by atoms with E-state index in [0.29, 0.717) is 0 Å². The van der Waals surface area contributed by atoms with E-state index < -0.39 is 45.1 Å². The van der Waals surface area contributed by atoms with Gasteiger partial charge < -0.3 is 9.84 Å². The molecule has 0 radical (unpaired) electrons. The monoisotopic (exact) mass is 394 g/mol. The van der Waals surface area contributed by atoms with Crippen LogP contribution in [-0.2, 0) is 4.79 Å². The molecule has 0 unspecified atom stereocenters. The first-order chi connectivity index (χ1) is 13.4. The van der Waals surface area contributed by atoms with Crippen LogP contribution < -0.4 is 4.74 Å². The molecule has 28 heavy (non-hydrogen) atoms. The van der Waals surface area contributed by atoms with Gasteiger partial charge in [0.2, 0.25) is 17.3 Å². The highest BCUT2D eigenvalue weighted by molar-refractivity contribution is 6.61. The van der Waals surface area contributed by atoms with Gasteiger partial charge in [-0.1, -0.05) is 41.9 Å². The molecule has 0 saturated heterocycles. The van der Waals surface area contributed by atoms with E-state index in [1.165, 1.54) is 37.4 Å². The molecule has 0 saturated carbocycles. The van der Waals surface area contributed by atoms with Crippen molar-refractivity contribution in [3.63, 3.8) is 0 Å². The number of fused-ring (bicyclic) bond motifs is 2. The molecule has 2 aliphatic rings. The lowest BCUT2D eigenvalue weighted by molar-refractivity contribution is -0.111. The molecule has 0 aliphatic heterocycles. The molecule has 2 aromatic carbocycles. The minimum absolute atomic E-state index is 0.0748. The molecule has 4 rings (SSSR count). The number of aliphatic hydroxyl groups is 1. The molecule has 0 amide bonds. The Hall–Kier alpha value is -3.51. The second-order valence-corrected chi connectivity index (χ2v) is 6.54. The number of hydrogen-bond donors (Lipinski definition) is 1. The van der Waals surface area contributed by atoms with Gasteiger partial charge in [-0.05, 0) is 12.1 Å². The second kappa shape index (κ2) is 6.28. The summed E-state index contributed by atoms with van der Waals surface area (Å²) in [5.74, 6) is -4.04. The van der Waals surface area contributed by atoms with Crippen LogP contribution in [0.3, 0.4) is 0 Å². The number of ether oxygens (including phenoxy) is 1. The van der Waals surface area contributed by atoms with E-state index in [9.17, 15) is 24.3 Å². The maximum Gasteiger partial charge on any atom is 0.238 e. The summed E-state index contributed by atoms with van der Waals surface area (Å²) < 4.78 is 5.15. The zero-order chi connectivity index (χ0) is 20.2. The van der Waals surface area contributed by atoms with Crippen molar-refractivity contribution in [2.24, 2.45) is 0 Å². The Bertz CT molecular complexity index is 1190. The summed E-state index contributed by atoms with van der Waals surface area (Å²) >= 11 is 6.17. The first-order valence-electron chi connectivity index (χ1n) is 8.16. The summed E-state index contributed by atoms with van der Waals surface area (Å²) in [4.78, 5) is 51.5. The zero-order valence-corrected chi connectivity index (χ0v) is 15.2. The van der Waals surface area contributed by atoms with E-state index in [-0.39, 0.29) is 28.0 Å². The third-order valence-electron chi connectivity index (χ3n) is 4.71. The number of rotatable bonds is 1. The van der Waals surface area contributed by atoms with Gasteiger partial charge in [-0.15, -0.1) is 0 Å². The van der Waals surface area contributed by atoms with Gasteiger partial charge in [0.25, 0.3) is 0 Å². The quantitative estimate of drug-likeness (QED) is 0.452. The smallest absolute Gasteiger partial charge is 0.238 e. The Balaban J connectivity index is 2.06. The van der Waals surface area contributed by atoms with Crippen molar-refractivity contribution in [1.82, 2.24) is 0 Å². The topological polar surface area (TPSA) is 97.7 Å². The summed E-state index contributed by atoms with van der Waals surface area (Å²) in [5, 5.41) is 9.96. The second-order valence-electron chi connectivity index (χ2n) is 6.16. The Morgan fingerprint density at radius 2 is 1.39 bits per heavy atom. The Kier molecular flexibility index (Phi) is 4.01. The fraction of sp³-hybridized carbons (Fsp3) is 0.0476. The van der Waals surface area contributed by atoms with Gasteiger partial charge in [0.15, 0.2) is 5.78 Å². The van der Waals surface area contributed by atoms with Crippen molar-refractivity contribution in [2.75, 3.05) is 7.11 Å². The molecule has 0 heterocycles. The number of hydrogen-bond acceptors (Lipinski definition) is 6. The van der Waals surface area contributed by atoms with Crippen molar-refractivity contribution in [2.45, 2.75) is 0 Å². The summed E-state index contributed by atoms with van der Waals surface area (Å²) in [6.07, 6.45) is 0. The van der Waals surface area contributed by atoms with Crippen LogP contribution in [0.2, 0.25) is 0 Å². The third-order valence-corrected chi connectivity index (χ3v) is 5.08. The van der Waals surface area contributed by atoms with Crippen LogP contribution in [0, 0.1) is 0 Å². The maximum atomic E-state index is 13.1. The number of ketones is 4. The third kappa shape index (κ3) is 2.28. The summed E-state index contributed by atoms with van der Waals surface area (Å²) in [6.45, 7) is 0. The average molecular weight is 395 g/mol. The van der Waals surface area contributed by atoms with E-state index in [4.69, 9.17) is 16.3 Å². The van der Waals surface area contributed by atoms with E-state index >= 15 is 0 Å². The summed E-state index contributed by atoms with van der Waals surface area (Å²) in [7, 11) is 1.32. The standard InChI is InChI=1S/C21H11ClO6/c1-28-12-8-4-7-11-13(12)20(26)15(21(27)19(11)25)14-16(22)18(24)10-6-3-2-5-9(10)17(14)23/h2-8,24H,1H3. The minimum Gasteiger partial charge on any atom is -0.506 e. The fourth-order valence-corrected chi connectivity index (χ4v) is 3.68. The molecule has 0 spiro atoms. The number of methoxy groups -OCH3 is 1. The molecule has 0 fully saturated rings. The Labute approximate surface area is 163 Å². The summed E-state index contributed by atoms with van der Waals surface area (Å²) in [5.41, 5.74) is -1.12. The van der Waals surface area contributed by atoms with Crippen molar-refractivity contribution in [1.29, 1.82) is 0 Å². The predicted molar refractivity (Wildman–Crippen MR) is 99.9 cm³/mol. The van der Waals surface area contributed by atoms with Crippen LogP contribution in [0.5, 0.6) is 5.75 Å². The van der Waals surface area contributed by atoms with Gasteiger partial charge in [-0.25, -0.2) is 0 Å². The number of benzene rings is 2. The molecule has 1 N–H and O–H groups in total. The van der Waals surface area contributed by atoms with E-state index in [0.717, 1.165) is 0 Å². The van der Waals surface area contributed by atoms with Crippen molar-refractivity contribution >= 4 is 40.5 Å². The first kappa shape index (κ1) is 17.9. The van der Waals surface area contributed by atoms with Gasteiger partial charge in [-0.2, -0.15) is 0 Å². The van der Waals surface area contributed by atoms with Crippen molar-refractivity contribution < 1.29 is 29.0 Å². The number of halogens is 1.